The van der Waals surface area contributed by atoms with Crippen LogP contribution in [0.25, 0.3) is 6.08 Å². The summed E-state index contributed by atoms with van der Waals surface area (Å²) in [6.45, 7) is 0.373. The molecule has 1 aromatic heterocycles. The molecule has 1 atom stereocenters. The first kappa shape index (κ1) is 15.1. The monoisotopic (exact) mass is 300 g/mol. The molecule has 1 amide bonds. The van der Waals surface area contributed by atoms with Crippen molar-refractivity contribution in [3.8, 4) is 0 Å². The van der Waals surface area contributed by atoms with E-state index in [1.807, 2.05) is 36.4 Å². The van der Waals surface area contributed by atoms with Gasteiger partial charge in [0.1, 0.15) is 0 Å². The van der Waals surface area contributed by atoms with E-state index < -0.39 is 10.8 Å². The van der Waals surface area contributed by atoms with Crippen molar-refractivity contribution in [2.24, 2.45) is 0 Å². The van der Waals surface area contributed by atoms with Gasteiger partial charge in [-0.25, -0.2) is 0 Å². The molecular formula is C16H16N2O2S. The maximum Gasteiger partial charge on any atom is 0.244 e. The van der Waals surface area contributed by atoms with Gasteiger partial charge in [0, 0.05) is 35.7 Å². The normalized spacial score (nSPS) is 12.2. The smallest absolute Gasteiger partial charge is 0.244 e. The van der Waals surface area contributed by atoms with Crippen LogP contribution in [0.3, 0.4) is 0 Å². The van der Waals surface area contributed by atoms with Crippen LogP contribution in [0.4, 0.5) is 0 Å². The Morgan fingerprint density at radius 3 is 2.71 bits per heavy atom. The van der Waals surface area contributed by atoms with Crippen molar-refractivity contribution in [3.05, 3.63) is 66.5 Å². The molecule has 21 heavy (non-hydrogen) atoms. The molecule has 0 bridgehead atoms. The number of pyridine rings is 1. The van der Waals surface area contributed by atoms with Gasteiger partial charge in [0.05, 0.1) is 10.8 Å². The summed E-state index contributed by atoms with van der Waals surface area (Å²) in [5, 5.41) is 2.71. The Labute approximate surface area is 126 Å². The summed E-state index contributed by atoms with van der Waals surface area (Å²) in [6, 6.07) is 12.9. The van der Waals surface area contributed by atoms with Crippen LogP contribution in [-0.4, -0.2) is 27.4 Å². The van der Waals surface area contributed by atoms with Crippen LogP contribution < -0.4 is 5.32 Å². The Morgan fingerprint density at radius 2 is 2.00 bits per heavy atom. The van der Waals surface area contributed by atoms with Crippen molar-refractivity contribution in [1.29, 1.82) is 0 Å². The molecule has 0 aliphatic carbocycles. The zero-order chi connectivity index (χ0) is 14.9. The first-order chi connectivity index (χ1) is 10.3. The van der Waals surface area contributed by atoms with Crippen molar-refractivity contribution in [2.75, 3.05) is 12.3 Å². The van der Waals surface area contributed by atoms with Gasteiger partial charge in [0.2, 0.25) is 5.91 Å². The van der Waals surface area contributed by atoms with Crippen LogP contribution >= 0.6 is 0 Å². The Hall–Kier alpha value is -2.27. The van der Waals surface area contributed by atoms with Gasteiger partial charge in [0.25, 0.3) is 0 Å². The molecule has 0 spiro atoms. The minimum atomic E-state index is -1.09. The van der Waals surface area contributed by atoms with Crippen molar-refractivity contribution in [1.82, 2.24) is 10.3 Å². The number of rotatable bonds is 6. The van der Waals surface area contributed by atoms with E-state index in [2.05, 4.69) is 10.3 Å². The van der Waals surface area contributed by atoms with Crippen molar-refractivity contribution in [3.63, 3.8) is 0 Å². The van der Waals surface area contributed by atoms with Crippen LogP contribution in [0.1, 0.15) is 5.56 Å². The zero-order valence-electron chi connectivity index (χ0n) is 11.4. The highest BCUT2D eigenvalue weighted by Crippen LogP contribution is 2.04. The fraction of sp³-hybridized carbons (Fsp3) is 0.125. The molecule has 0 aliphatic heterocycles. The molecule has 5 heteroatoms. The van der Waals surface area contributed by atoms with Gasteiger partial charge in [-0.05, 0) is 29.8 Å². The third-order valence-electron chi connectivity index (χ3n) is 2.70. The lowest BCUT2D eigenvalue weighted by Crippen LogP contribution is -2.25. The number of aromatic nitrogens is 1. The van der Waals surface area contributed by atoms with Crippen LogP contribution in [-0.2, 0) is 15.6 Å². The second-order valence-electron chi connectivity index (χ2n) is 4.27. The number of carbonyl (C=O) groups is 1. The molecule has 0 saturated heterocycles. The SMILES string of the molecule is O=C(/C=C/c1cccnc1)NCC[S@](=O)c1ccccc1. The maximum absolute atomic E-state index is 11.9. The number of benzene rings is 1. The van der Waals surface area contributed by atoms with E-state index in [0.717, 1.165) is 10.5 Å². The number of hydrogen-bond acceptors (Lipinski definition) is 3. The Kier molecular flexibility index (Phi) is 5.84. The van der Waals surface area contributed by atoms with E-state index in [9.17, 15) is 9.00 Å². The fourth-order valence-corrected chi connectivity index (χ4v) is 2.65. The Balaban J connectivity index is 1.75. The van der Waals surface area contributed by atoms with Gasteiger partial charge in [-0.2, -0.15) is 0 Å². The van der Waals surface area contributed by atoms with E-state index in [0.29, 0.717) is 12.3 Å². The Morgan fingerprint density at radius 1 is 1.19 bits per heavy atom. The largest absolute Gasteiger partial charge is 0.352 e. The van der Waals surface area contributed by atoms with Crippen LogP contribution in [0, 0.1) is 0 Å². The number of carbonyl (C=O) groups excluding carboxylic acids is 1. The van der Waals surface area contributed by atoms with Crippen molar-refractivity contribution >= 4 is 22.8 Å². The summed E-state index contributed by atoms with van der Waals surface area (Å²) < 4.78 is 11.9. The molecule has 0 aliphatic rings. The molecular weight excluding hydrogens is 284 g/mol. The first-order valence-electron chi connectivity index (χ1n) is 6.55. The van der Waals surface area contributed by atoms with Gasteiger partial charge in [0.15, 0.2) is 0 Å². The topological polar surface area (TPSA) is 59.1 Å². The second-order valence-corrected chi connectivity index (χ2v) is 5.84. The highest BCUT2D eigenvalue weighted by molar-refractivity contribution is 7.85. The predicted octanol–water partition coefficient (Wildman–Crippen LogP) is 2.02. The summed E-state index contributed by atoms with van der Waals surface area (Å²) in [5.74, 6) is 0.195. The second kappa shape index (κ2) is 8.11. The Bertz CT molecular complexity index is 627. The quantitative estimate of drug-likeness (QED) is 0.830. The number of nitrogens with one attached hydrogen (secondary N) is 1. The van der Waals surface area contributed by atoms with Crippen molar-refractivity contribution < 1.29 is 9.00 Å². The van der Waals surface area contributed by atoms with Gasteiger partial charge in [-0.3, -0.25) is 14.0 Å². The summed E-state index contributed by atoms with van der Waals surface area (Å²) in [7, 11) is -1.09. The van der Waals surface area contributed by atoms with Crippen LogP contribution in [0.2, 0.25) is 0 Å². The van der Waals surface area contributed by atoms with Gasteiger partial charge >= 0.3 is 0 Å². The third kappa shape index (κ3) is 5.31. The van der Waals surface area contributed by atoms with E-state index in [1.54, 1.807) is 24.5 Å². The minimum absolute atomic E-state index is 0.205. The lowest BCUT2D eigenvalue weighted by molar-refractivity contribution is -0.116. The lowest BCUT2D eigenvalue weighted by Gasteiger charge is -2.03. The van der Waals surface area contributed by atoms with E-state index in [1.165, 1.54) is 6.08 Å². The zero-order valence-corrected chi connectivity index (χ0v) is 12.3. The van der Waals surface area contributed by atoms with Crippen LogP contribution in [0.5, 0.6) is 0 Å². The number of nitrogens with zero attached hydrogens (tertiary/aromatic N) is 1. The highest BCUT2D eigenvalue weighted by Gasteiger charge is 2.03. The molecule has 1 N–H and O–H groups in total. The maximum atomic E-state index is 11.9. The summed E-state index contributed by atoms with van der Waals surface area (Å²) in [6.07, 6.45) is 6.49. The van der Waals surface area contributed by atoms with Crippen LogP contribution in [0.15, 0.2) is 65.8 Å². The predicted molar refractivity (Wildman–Crippen MR) is 84.0 cm³/mol. The summed E-state index contributed by atoms with van der Waals surface area (Å²) in [4.78, 5) is 16.4. The van der Waals surface area contributed by atoms with Crippen molar-refractivity contribution in [2.45, 2.75) is 4.90 Å². The third-order valence-corrected chi connectivity index (χ3v) is 4.08. The standard InChI is InChI=1S/C16H16N2O2S/c19-16(9-8-14-5-4-10-17-13-14)18-11-12-21(20)15-6-2-1-3-7-15/h1-10,13H,11-12H2,(H,18,19)/b9-8+/t21-/m0/s1. The molecule has 0 fully saturated rings. The molecule has 1 aromatic carbocycles. The fourth-order valence-electron chi connectivity index (χ4n) is 1.66. The molecule has 108 valence electrons. The highest BCUT2D eigenvalue weighted by atomic mass is 32.2. The van der Waals surface area contributed by atoms with E-state index in [-0.39, 0.29) is 5.91 Å². The average Bonchev–Trinajstić information content (AvgIpc) is 2.54. The molecule has 1 heterocycles. The average molecular weight is 300 g/mol. The van der Waals surface area contributed by atoms with Gasteiger partial charge < -0.3 is 5.32 Å². The lowest BCUT2D eigenvalue weighted by atomic mass is 10.2. The molecule has 2 aromatic rings. The molecule has 0 unspecified atom stereocenters. The van der Waals surface area contributed by atoms with E-state index in [4.69, 9.17) is 0 Å². The van der Waals surface area contributed by atoms with Gasteiger partial charge in [-0.15, -0.1) is 0 Å². The summed E-state index contributed by atoms with van der Waals surface area (Å²) in [5.41, 5.74) is 0.862. The minimum Gasteiger partial charge on any atom is -0.352 e. The molecule has 0 saturated carbocycles. The molecule has 0 radical (unpaired) electrons. The summed E-state index contributed by atoms with van der Waals surface area (Å²) >= 11 is 0. The number of hydrogen-bond donors (Lipinski definition) is 1. The molecule has 2 rings (SSSR count). The van der Waals surface area contributed by atoms with Gasteiger partial charge in [-0.1, -0.05) is 24.3 Å². The number of amides is 1. The van der Waals surface area contributed by atoms with E-state index >= 15 is 0 Å². The first-order valence-corrected chi connectivity index (χ1v) is 7.87. The molecule has 4 nitrogen and oxygen atoms in total.